The van der Waals surface area contributed by atoms with Gasteiger partial charge in [0.25, 0.3) is 0 Å². The zero-order valence-corrected chi connectivity index (χ0v) is 20.6. The van der Waals surface area contributed by atoms with E-state index < -0.39 is 20.6 Å². The van der Waals surface area contributed by atoms with E-state index in [1.807, 2.05) is 0 Å². The quantitative estimate of drug-likeness (QED) is 0.413. The van der Waals surface area contributed by atoms with Gasteiger partial charge in [-0.3, -0.25) is 15.0 Å². The first-order chi connectivity index (χ1) is 16.1. The second kappa shape index (κ2) is 11.3. The first-order valence-electron chi connectivity index (χ1n) is 11.3. The Morgan fingerprint density at radius 2 is 1.82 bits per heavy atom. The number of morpholine rings is 1. The molecule has 1 unspecified atom stereocenters. The second-order valence-corrected chi connectivity index (χ2v) is 10.6. The van der Waals surface area contributed by atoms with Crippen molar-refractivity contribution in [3.63, 3.8) is 0 Å². The summed E-state index contributed by atoms with van der Waals surface area (Å²) in [5.74, 6) is 0.344. The van der Waals surface area contributed by atoms with Crippen molar-refractivity contribution in [1.29, 1.82) is 0 Å². The van der Waals surface area contributed by atoms with Crippen molar-refractivity contribution in [2.75, 3.05) is 66.1 Å². The number of carbonyl (C=O) groups excluding carboxylic acids is 1. The predicted molar refractivity (Wildman–Crippen MR) is 124 cm³/mol. The van der Waals surface area contributed by atoms with Crippen molar-refractivity contribution >= 4 is 21.7 Å². The minimum atomic E-state index is -3.95. The monoisotopic (exact) mass is 499 g/mol. The van der Waals surface area contributed by atoms with Crippen LogP contribution in [-0.2, 0) is 14.8 Å². The maximum Gasteiger partial charge on any atom is 0.317 e. The molecular formula is C21H33N5O7S. The Bertz CT molecular complexity index is 974. The van der Waals surface area contributed by atoms with Gasteiger partial charge in [0.05, 0.1) is 30.1 Å². The lowest BCUT2D eigenvalue weighted by atomic mass is 10.0. The summed E-state index contributed by atoms with van der Waals surface area (Å²) in [5, 5.41) is 14.3. The number of nitrogens with one attached hydrogen (secondary N) is 1. The van der Waals surface area contributed by atoms with E-state index in [4.69, 9.17) is 9.47 Å². The predicted octanol–water partition coefficient (Wildman–Crippen LogP) is 0.976. The molecule has 2 aliphatic rings. The number of hydrogen-bond acceptors (Lipinski definition) is 8. The summed E-state index contributed by atoms with van der Waals surface area (Å²) < 4.78 is 37.7. The van der Waals surface area contributed by atoms with Crippen LogP contribution in [0, 0.1) is 16.0 Å². The summed E-state index contributed by atoms with van der Waals surface area (Å²) in [6.07, 6.45) is 0. The van der Waals surface area contributed by atoms with Gasteiger partial charge < -0.3 is 19.7 Å². The molecule has 0 aromatic heterocycles. The number of ether oxygens (including phenoxy) is 2. The zero-order chi connectivity index (χ0) is 24.9. The number of amides is 2. The van der Waals surface area contributed by atoms with Crippen molar-refractivity contribution in [3.8, 4) is 5.75 Å². The highest BCUT2D eigenvalue weighted by Crippen LogP contribution is 2.30. The number of nitro benzene ring substituents is 1. The number of rotatable bonds is 8. The molecule has 0 aliphatic carbocycles. The number of nitrogens with zero attached hydrogens (tertiary/aromatic N) is 4. The first-order valence-corrected chi connectivity index (χ1v) is 12.8. The number of carbonyl (C=O) groups is 1. The lowest BCUT2D eigenvalue weighted by molar-refractivity contribution is -0.386. The third-order valence-electron chi connectivity index (χ3n) is 6.26. The molecule has 13 heteroatoms. The number of sulfonamides is 1. The Hall–Kier alpha value is -2.48. The van der Waals surface area contributed by atoms with Gasteiger partial charge in [0.15, 0.2) is 5.75 Å². The van der Waals surface area contributed by atoms with Crippen molar-refractivity contribution in [2.24, 2.45) is 5.92 Å². The number of benzene rings is 1. The molecular weight excluding hydrogens is 466 g/mol. The van der Waals surface area contributed by atoms with E-state index in [0.717, 1.165) is 19.2 Å². The first kappa shape index (κ1) is 26.1. The Labute approximate surface area is 200 Å². The Morgan fingerprint density at radius 3 is 2.38 bits per heavy atom. The minimum Gasteiger partial charge on any atom is -0.490 e. The van der Waals surface area contributed by atoms with E-state index >= 15 is 0 Å². The highest BCUT2D eigenvalue weighted by molar-refractivity contribution is 7.89. The average molecular weight is 500 g/mol. The van der Waals surface area contributed by atoms with E-state index in [2.05, 4.69) is 24.1 Å². The summed E-state index contributed by atoms with van der Waals surface area (Å²) in [5.41, 5.74) is -0.415. The van der Waals surface area contributed by atoms with Crippen molar-refractivity contribution < 1.29 is 27.6 Å². The van der Waals surface area contributed by atoms with Gasteiger partial charge in [0.2, 0.25) is 10.0 Å². The van der Waals surface area contributed by atoms with Crippen LogP contribution in [0.3, 0.4) is 0 Å². The van der Waals surface area contributed by atoms with E-state index in [0.29, 0.717) is 25.7 Å². The van der Waals surface area contributed by atoms with Gasteiger partial charge in [-0.05, 0) is 18.1 Å². The number of urea groups is 1. The van der Waals surface area contributed by atoms with Crippen LogP contribution in [0.4, 0.5) is 10.5 Å². The van der Waals surface area contributed by atoms with Gasteiger partial charge in [-0.25, -0.2) is 13.2 Å². The molecule has 12 nitrogen and oxygen atoms in total. The van der Waals surface area contributed by atoms with Crippen molar-refractivity contribution in [3.05, 3.63) is 28.3 Å². The third-order valence-corrected chi connectivity index (χ3v) is 8.15. The molecule has 0 spiro atoms. The fourth-order valence-electron chi connectivity index (χ4n) is 4.25. The highest BCUT2D eigenvalue weighted by atomic mass is 32.2. The fourth-order valence-corrected chi connectivity index (χ4v) is 5.70. The molecule has 0 saturated carbocycles. The Morgan fingerprint density at radius 1 is 1.18 bits per heavy atom. The fraction of sp³-hybridized carbons (Fsp3) is 0.667. The summed E-state index contributed by atoms with van der Waals surface area (Å²) in [6, 6.07) is 3.54. The summed E-state index contributed by atoms with van der Waals surface area (Å²) in [4.78, 5) is 27.1. The summed E-state index contributed by atoms with van der Waals surface area (Å²) >= 11 is 0. The molecule has 2 heterocycles. The molecule has 34 heavy (non-hydrogen) atoms. The van der Waals surface area contributed by atoms with Crippen LogP contribution in [0.1, 0.15) is 13.8 Å². The van der Waals surface area contributed by atoms with Gasteiger partial charge in [-0.1, -0.05) is 13.8 Å². The largest absolute Gasteiger partial charge is 0.490 e. The lowest BCUT2D eigenvalue weighted by Gasteiger charge is -2.38. The highest BCUT2D eigenvalue weighted by Gasteiger charge is 2.32. The van der Waals surface area contributed by atoms with E-state index in [1.165, 1.54) is 23.5 Å². The van der Waals surface area contributed by atoms with E-state index in [9.17, 15) is 23.3 Å². The molecule has 1 aromatic carbocycles. The number of piperazine rings is 1. The lowest BCUT2D eigenvalue weighted by Crippen LogP contribution is -2.56. The molecule has 1 aromatic rings. The Balaban J connectivity index is 1.58. The van der Waals surface area contributed by atoms with Crippen molar-refractivity contribution in [2.45, 2.75) is 24.8 Å². The van der Waals surface area contributed by atoms with Crippen LogP contribution in [0.2, 0.25) is 0 Å². The molecule has 1 atom stereocenters. The molecule has 2 saturated heterocycles. The van der Waals surface area contributed by atoms with Crippen LogP contribution in [0.25, 0.3) is 0 Å². The van der Waals surface area contributed by atoms with Crippen LogP contribution in [-0.4, -0.2) is 106 Å². The molecule has 1 N–H and O–H groups in total. The molecule has 0 radical (unpaired) electrons. The van der Waals surface area contributed by atoms with Gasteiger partial charge in [0.1, 0.15) is 0 Å². The van der Waals surface area contributed by atoms with Crippen LogP contribution < -0.4 is 10.1 Å². The van der Waals surface area contributed by atoms with Crippen molar-refractivity contribution in [1.82, 2.24) is 19.4 Å². The number of nitro groups is 1. The third kappa shape index (κ3) is 5.95. The summed E-state index contributed by atoms with van der Waals surface area (Å²) in [6.45, 7) is 8.45. The van der Waals surface area contributed by atoms with Crippen LogP contribution >= 0.6 is 0 Å². The number of methoxy groups -OCH3 is 1. The minimum absolute atomic E-state index is 0.0118. The topological polar surface area (TPSA) is 135 Å². The normalized spacial score (nSPS) is 19.1. The maximum atomic E-state index is 13.0. The number of hydrogen-bond donors (Lipinski definition) is 1. The smallest absolute Gasteiger partial charge is 0.317 e. The summed E-state index contributed by atoms with van der Waals surface area (Å²) in [7, 11) is -2.66. The van der Waals surface area contributed by atoms with Crippen LogP contribution in [0.5, 0.6) is 5.75 Å². The second-order valence-electron chi connectivity index (χ2n) is 8.63. The molecule has 2 aliphatic heterocycles. The molecule has 2 fully saturated rings. The SMILES string of the molecule is COc1ccc(S(=O)(=O)N2CCN(C(=O)NCC(C(C)C)N3CCOCC3)CC2)cc1[N+](=O)[O-]. The Kier molecular flexibility index (Phi) is 8.68. The molecule has 190 valence electrons. The standard InChI is InChI=1S/C21H33N5O7S/c1-16(2)19(23-10-12-33-13-11-23)15-22-21(27)24-6-8-25(9-7-24)34(30,31)17-4-5-20(32-3)18(14-17)26(28)29/h4-5,14,16,19H,6-13,15H2,1-3H3,(H,22,27). The molecule has 2 amide bonds. The van der Waals surface area contributed by atoms with Gasteiger partial charge in [0, 0.05) is 57.9 Å². The average Bonchev–Trinajstić information content (AvgIpc) is 2.84. The van der Waals surface area contributed by atoms with Gasteiger partial charge >= 0.3 is 11.7 Å². The van der Waals surface area contributed by atoms with E-state index in [1.54, 1.807) is 4.90 Å². The van der Waals surface area contributed by atoms with Gasteiger partial charge in [-0.2, -0.15) is 4.31 Å². The molecule has 3 rings (SSSR count). The zero-order valence-electron chi connectivity index (χ0n) is 19.8. The van der Waals surface area contributed by atoms with Gasteiger partial charge in [-0.15, -0.1) is 0 Å². The maximum absolute atomic E-state index is 13.0. The van der Waals surface area contributed by atoms with Crippen LogP contribution in [0.15, 0.2) is 23.1 Å². The van der Waals surface area contributed by atoms with E-state index in [-0.39, 0.29) is 48.9 Å². The molecule has 0 bridgehead atoms.